The summed E-state index contributed by atoms with van der Waals surface area (Å²) in [5.41, 5.74) is 0. The Bertz CT molecular complexity index is 541. The molecule has 22 heavy (non-hydrogen) atoms. The molecule has 1 amide bonds. The maximum Gasteiger partial charge on any atom is 0.258 e. The lowest BCUT2D eigenvalue weighted by molar-refractivity contribution is -0.124. The summed E-state index contributed by atoms with van der Waals surface area (Å²) >= 11 is 11.9. The SMILES string of the molecule is O=C(COc1cccc(Cl)c1Cl)NC1CCN(C2CC2)CC1. The summed E-state index contributed by atoms with van der Waals surface area (Å²) in [5, 5.41) is 3.80. The fraction of sp³-hybridized carbons (Fsp3) is 0.562. The van der Waals surface area contributed by atoms with E-state index in [1.165, 1.54) is 12.8 Å². The van der Waals surface area contributed by atoms with Gasteiger partial charge in [-0.15, -0.1) is 0 Å². The van der Waals surface area contributed by atoms with E-state index in [-0.39, 0.29) is 18.6 Å². The van der Waals surface area contributed by atoms with Gasteiger partial charge in [0, 0.05) is 25.2 Å². The Balaban J connectivity index is 1.42. The first-order valence-corrected chi connectivity index (χ1v) is 8.49. The van der Waals surface area contributed by atoms with Crippen LogP contribution in [0.3, 0.4) is 0 Å². The van der Waals surface area contributed by atoms with Crippen molar-refractivity contribution in [2.75, 3.05) is 19.7 Å². The second-order valence-corrected chi connectivity index (χ2v) is 6.73. The molecule has 2 aliphatic rings. The van der Waals surface area contributed by atoms with Crippen LogP contribution in [0.15, 0.2) is 18.2 Å². The number of likely N-dealkylation sites (tertiary alicyclic amines) is 1. The predicted molar refractivity (Wildman–Crippen MR) is 87.7 cm³/mol. The number of nitrogens with one attached hydrogen (secondary N) is 1. The van der Waals surface area contributed by atoms with Gasteiger partial charge in [0.05, 0.1) is 5.02 Å². The van der Waals surface area contributed by atoms with Crippen LogP contribution in [-0.4, -0.2) is 42.6 Å². The number of ether oxygens (including phenoxy) is 1. The number of amides is 1. The molecule has 0 atom stereocenters. The van der Waals surface area contributed by atoms with Crippen molar-refractivity contribution in [1.82, 2.24) is 10.2 Å². The van der Waals surface area contributed by atoms with E-state index in [0.717, 1.165) is 32.0 Å². The average molecular weight is 343 g/mol. The molecule has 0 bridgehead atoms. The smallest absolute Gasteiger partial charge is 0.258 e. The molecule has 1 aromatic carbocycles. The molecule has 6 heteroatoms. The Morgan fingerprint density at radius 2 is 1.95 bits per heavy atom. The summed E-state index contributed by atoms with van der Waals surface area (Å²) in [6, 6.07) is 6.20. The summed E-state index contributed by atoms with van der Waals surface area (Å²) < 4.78 is 5.45. The maximum absolute atomic E-state index is 12.0. The summed E-state index contributed by atoms with van der Waals surface area (Å²) in [6.45, 7) is 2.12. The molecule has 0 spiro atoms. The van der Waals surface area contributed by atoms with Crippen LogP contribution in [0.2, 0.25) is 10.0 Å². The van der Waals surface area contributed by atoms with Gasteiger partial charge in [0.25, 0.3) is 5.91 Å². The van der Waals surface area contributed by atoms with Crippen molar-refractivity contribution in [3.05, 3.63) is 28.2 Å². The monoisotopic (exact) mass is 342 g/mol. The van der Waals surface area contributed by atoms with E-state index >= 15 is 0 Å². The third-order valence-corrected chi connectivity index (χ3v) is 5.03. The molecule has 2 fully saturated rings. The van der Waals surface area contributed by atoms with Gasteiger partial charge in [-0.1, -0.05) is 29.3 Å². The van der Waals surface area contributed by atoms with Crippen molar-refractivity contribution in [2.45, 2.75) is 37.8 Å². The van der Waals surface area contributed by atoms with Crippen molar-refractivity contribution in [1.29, 1.82) is 0 Å². The fourth-order valence-electron chi connectivity index (χ4n) is 2.86. The van der Waals surface area contributed by atoms with Gasteiger partial charge in [0.1, 0.15) is 10.8 Å². The van der Waals surface area contributed by atoms with Crippen LogP contribution in [0.25, 0.3) is 0 Å². The highest BCUT2D eigenvalue weighted by Gasteiger charge is 2.32. The van der Waals surface area contributed by atoms with Gasteiger partial charge in [-0.2, -0.15) is 0 Å². The van der Waals surface area contributed by atoms with Crippen molar-refractivity contribution < 1.29 is 9.53 Å². The minimum absolute atomic E-state index is 0.0388. The molecule has 120 valence electrons. The number of hydrogen-bond acceptors (Lipinski definition) is 3. The van der Waals surface area contributed by atoms with Crippen LogP contribution in [0.1, 0.15) is 25.7 Å². The van der Waals surface area contributed by atoms with E-state index in [1.807, 2.05) is 0 Å². The number of benzene rings is 1. The molecular weight excluding hydrogens is 323 g/mol. The highest BCUT2D eigenvalue weighted by atomic mass is 35.5. The highest BCUT2D eigenvalue weighted by molar-refractivity contribution is 6.42. The van der Waals surface area contributed by atoms with E-state index < -0.39 is 0 Å². The molecule has 0 radical (unpaired) electrons. The van der Waals surface area contributed by atoms with Crippen molar-refractivity contribution in [3.63, 3.8) is 0 Å². The molecule has 0 aromatic heterocycles. The highest BCUT2D eigenvalue weighted by Crippen LogP contribution is 2.31. The van der Waals surface area contributed by atoms with Crippen LogP contribution in [0.5, 0.6) is 5.75 Å². The van der Waals surface area contributed by atoms with E-state index in [4.69, 9.17) is 27.9 Å². The molecule has 4 nitrogen and oxygen atoms in total. The quantitative estimate of drug-likeness (QED) is 0.893. The van der Waals surface area contributed by atoms with E-state index in [2.05, 4.69) is 10.2 Å². The number of hydrogen-bond donors (Lipinski definition) is 1. The number of carbonyl (C=O) groups excluding carboxylic acids is 1. The van der Waals surface area contributed by atoms with Gasteiger partial charge in [-0.3, -0.25) is 4.79 Å². The Morgan fingerprint density at radius 1 is 1.23 bits per heavy atom. The molecular formula is C16H20Cl2N2O2. The van der Waals surface area contributed by atoms with E-state index in [0.29, 0.717) is 15.8 Å². The molecule has 1 saturated carbocycles. The number of halogens is 2. The maximum atomic E-state index is 12.0. The zero-order valence-corrected chi connectivity index (χ0v) is 13.9. The van der Waals surface area contributed by atoms with Crippen LogP contribution in [0.4, 0.5) is 0 Å². The number of nitrogens with zero attached hydrogens (tertiary/aromatic N) is 1. The number of rotatable bonds is 5. The summed E-state index contributed by atoms with van der Waals surface area (Å²) in [6.07, 6.45) is 4.71. The van der Waals surface area contributed by atoms with E-state index in [1.54, 1.807) is 18.2 Å². The fourth-order valence-corrected chi connectivity index (χ4v) is 3.20. The Hall–Kier alpha value is -0.970. The second kappa shape index (κ2) is 7.07. The predicted octanol–water partition coefficient (Wildman–Crippen LogP) is 3.12. The normalized spacial score (nSPS) is 19.9. The number of piperidine rings is 1. The summed E-state index contributed by atoms with van der Waals surface area (Å²) in [5.74, 6) is 0.328. The largest absolute Gasteiger partial charge is 0.482 e. The lowest BCUT2D eigenvalue weighted by Gasteiger charge is -2.32. The third kappa shape index (κ3) is 4.06. The first-order valence-electron chi connectivity index (χ1n) is 7.73. The van der Waals surface area contributed by atoms with Gasteiger partial charge in [-0.05, 0) is 37.8 Å². The second-order valence-electron chi connectivity index (χ2n) is 5.95. The van der Waals surface area contributed by atoms with Crippen LogP contribution in [-0.2, 0) is 4.79 Å². The number of carbonyl (C=O) groups is 1. The molecule has 0 unspecified atom stereocenters. The lowest BCUT2D eigenvalue weighted by Crippen LogP contribution is -2.46. The van der Waals surface area contributed by atoms with Gasteiger partial charge in [-0.25, -0.2) is 0 Å². The molecule has 1 aliphatic heterocycles. The van der Waals surface area contributed by atoms with Crippen molar-refractivity contribution in [3.8, 4) is 5.75 Å². The van der Waals surface area contributed by atoms with Crippen LogP contribution in [0, 0.1) is 0 Å². The summed E-state index contributed by atoms with van der Waals surface area (Å²) in [7, 11) is 0. The molecule has 3 rings (SSSR count). The van der Waals surface area contributed by atoms with Gasteiger partial charge in [0.15, 0.2) is 6.61 Å². The van der Waals surface area contributed by atoms with Gasteiger partial charge >= 0.3 is 0 Å². The standard InChI is InChI=1S/C16H20Cl2N2O2/c17-13-2-1-3-14(16(13)18)22-10-15(21)19-11-6-8-20(9-7-11)12-4-5-12/h1-3,11-12H,4-10H2,(H,19,21). The Morgan fingerprint density at radius 3 is 2.64 bits per heavy atom. The minimum atomic E-state index is -0.110. The average Bonchev–Trinajstić information content (AvgIpc) is 3.34. The first kappa shape index (κ1) is 15.9. The minimum Gasteiger partial charge on any atom is -0.482 e. The molecule has 1 aliphatic carbocycles. The van der Waals surface area contributed by atoms with Gasteiger partial charge in [0.2, 0.25) is 0 Å². The Labute approximate surface area is 140 Å². The molecule has 1 saturated heterocycles. The molecule has 1 aromatic rings. The third-order valence-electron chi connectivity index (χ3n) is 4.23. The topological polar surface area (TPSA) is 41.6 Å². The van der Waals surface area contributed by atoms with Gasteiger partial charge < -0.3 is 15.0 Å². The van der Waals surface area contributed by atoms with Crippen molar-refractivity contribution in [2.24, 2.45) is 0 Å². The van der Waals surface area contributed by atoms with Crippen molar-refractivity contribution >= 4 is 29.1 Å². The molecule has 1 N–H and O–H groups in total. The first-order chi connectivity index (χ1) is 10.6. The zero-order valence-electron chi connectivity index (χ0n) is 12.4. The summed E-state index contributed by atoms with van der Waals surface area (Å²) in [4.78, 5) is 14.5. The zero-order chi connectivity index (χ0) is 15.5. The Kier molecular flexibility index (Phi) is 5.11. The van der Waals surface area contributed by atoms with Crippen LogP contribution >= 0.6 is 23.2 Å². The molecule has 1 heterocycles. The van der Waals surface area contributed by atoms with E-state index in [9.17, 15) is 4.79 Å². The lowest BCUT2D eigenvalue weighted by atomic mass is 10.0. The van der Waals surface area contributed by atoms with Crippen LogP contribution < -0.4 is 10.1 Å².